The average molecular weight is 276 g/mol. The van der Waals surface area contributed by atoms with Gasteiger partial charge in [-0.25, -0.2) is 0 Å². The van der Waals surface area contributed by atoms with E-state index in [9.17, 15) is 14.7 Å². The number of ether oxygens (including phenoxy) is 1. The highest BCUT2D eigenvalue weighted by Crippen LogP contribution is 2.52. The van der Waals surface area contributed by atoms with Crippen molar-refractivity contribution in [3.8, 4) is 0 Å². The Balaban J connectivity index is 1.75. The summed E-state index contributed by atoms with van der Waals surface area (Å²) in [4.78, 5) is 25.4. The molecule has 3 aliphatic heterocycles. The molecular formula is C13H12N2O5. The molecule has 20 heavy (non-hydrogen) atoms. The van der Waals surface area contributed by atoms with Crippen molar-refractivity contribution in [1.82, 2.24) is 5.16 Å². The van der Waals surface area contributed by atoms with Crippen molar-refractivity contribution in [2.75, 3.05) is 11.4 Å². The van der Waals surface area contributed by atoms with E-state index >= 15 is 0 Å². The highest BCUT2D eigenvalue weighted by Gasteiger charge is 2.67. The molecule has 0 radical (unpaired) electrons. The molecular weight excluding hydrogens is 264 g/mol. The van der Waals surface area contributed by atoms with Gasteiger partial charge in [0.2, 0.25) is 5.91 Å². The predicted octanol–water partition coefficient (Wildman–Crippen LogP) is 0.354. The number of anilines is 1. The van der Waals surface area contributed by atoms with Crippen LogP contribution in [0.1, 0.15) is 5.76 Å². The Morgan fingerprint density at radius 3 is 3.05 bits per heavy atom. The fourth-order valence-electron chi connectivity index (χ4n) is 3.45. The van der Waals surface area contributed by atoms with E-state index < -0.39 is 29.5 Å². The third kappa shape index (κ3) is 1.25. The number of aliphatic carboxylic acids is 1. The minimum atomic E-state index is -1.00. The molecule has 1 N–H and O–H groups in total. The van der Waals surface area contributed by atoms with Crippen molar-refractivity contribution in [3.05, 3.63) is 24.0 Å². The Kier molecular flexibility index (Phi) is 2.03. The molecule has 3 aliphatic rings. The first-order valence-corrected chi connectivity index (χ1v) is 6.36. The molecule has 1 aromatic heterocycles. The number of hydrogen-bond donors (Lipinski definition) is 1. The number of carboxylic acids is 1. The number of carbonyl (C=O) groups is 2. The SMILES string of the molecule is Cc1cc(N2C[C@@]34C=C[C@@H](O3)[C@@H](C(=O)O)[C@H]4C2=O)no1. The van der Waals surface area contributed by atoms with Gasteiger partial charge >= 0.3 is 5.97 Å². The zero-order valence-electron chi connectivity index (χ0n) is 10.6. The lowest BCUT2D eigenvalue weighted by Gasteiger charge is -2.21. The molecule has 1 aromatic rings. The second-order valence-electron chi connectivity index (χ2n) is 5.46. The van der Waals surface area contributed by atoms with Crippen LogP contribution >= 0.6 is 0 Å². The first kappa shape index (κ1) is 11.7. The summed E-state index contributed by atoms with van der Waals surface area (Å²) in [6.07, 6.45) is 3.04. The van der Waals surface area contributed by atoms with Gasteiger partial charge in [-0.2, -0.15) is 0 Å². The molecule has 4 atom stereocenters. The molecule has 104 valence electrons. The number of hydrogen-bond acceptors (Lipinski definition) is 5. The van der Waals surface area contributed by atoms with Crippen LogP contribution in [0.4, 0.5) is 5.82 Å². The maximum absolute atomic E-state index is 12.6. The molecule has 2 saturated heterocycles. The fourth-order valence-corrected chi connectivity index (χ4v) is 3.45. The van der Waals surface area contributed by atoms with Crippen LogP contribution in [-0.4, -0.2) is 40.4 Å². The van der Waals surface area contributed by atoms with Crippen molar-refractivity contribution in [2.45, 2.75) is 18.6 Å². The van der Waals surface area contributed by atoms with E-state index in [0.29, 0.717) is 11.6 Å². The van der Waals surface area contributed by atoms with Crippen LogP contribution in [0.3, 0.4) is 0 Å². The maximum Gasteiger partial charge on any atom is 0.310 e. The van der Waals surface area contributed by atoms with Crippen molar-refractivity contribution in [1.29, 1.82) is 0 Å². The van der Waals surface area contributed by atoms with Crippen LogP contribution in [0.15, 0.2) is 22.7 Å². The molecule has 0 aliphatic carbocycles. The predicted molar refractivity (Wildman–Crippen MR) is 65.0 cm³/mol. The van der Waals surface area contributed by atoms with Gasteiger partial charge in [0.15, 0.2) is 5.82 Å². The number of aromatic nitrogens is 1. The fraction of sp³-hybridized carbons (Fsp3) is 0.462. The Hall–Kier alpha value is -2.15. The number of rotatable bonds is 2. The highest BCUT2D eigenvalue weighted by molar-refractivity contribution is 6.01. The summed E-state index contributed by atoms with van der Waals surface area (Å²) in [5.41, 5.74) is -0.836. The van der Waals surface area contributed by atoms with Gasteiger partial charge in [-0.15, -0.1) is 0 Å². The zero-order valence-corrected chi connectivity index (χ0v) is 10.6. The normalized spacial score (nSPS) is 37.8. The summed E-state index contributed by atoms with van der Waals surface area (Å²) in [6.45, 7) is 2.01. The second kappa shape index (κ2) is 3.49. The summed E-state index contributed by atoms with van der Waals surface area (Å²) in [5.74, 6) is -1.79. The quantitative estimate of drug-likeness (QED) is 0.784. The number of carboxylic acid groups (broad SMARTS) is 1. The second-order valence-corrected chi connectivity index (χ2v) is 5.46. The number of fused-ring (bicyclic) bond motifs is 1. The Bertz CT molecular complexity index is 651. The van der Waals surface area contributed by atoms with Gasteiger partial charge in [0.05, 0.1) is 18.6 Å². The van der Waals surface area contributed by atoms with Crippen LogP contribution in [-0.2, 0) is 14.3 Å². The molecule has 0 aromatic carbocycles. The number of nitrogens with zero attached hydrogens (tertiary/aromatic N) is 2. The number of carbonyl (C=O) groups excluding carboxylic acids is 1. The van der Waals surface area contributed by atoms with Gasteiger partial charge < -0.3 is 14.4 Å². The molecule has 2 fully saturated rings. The molecule has 7 heteroatoms. The van der Waals surface area contributed by atoms with E-state index in [-0.39, 0.29) is 12.5 Å². The van der Waals surface area contributed by atoms with Crippen LogP contribution in [0, 0.1) is 18.8 Å². The van der Waals surface area contributed by atoms with Crippen LogP contribution in [0.2, 0.25) is 0 Å². The van der Waals surface area contributed by atoms with Crippen LogP contribution in [0.5, 0.6) is 0 Å². The summed E-state index contributed by atoms with van der Waals surface area (Å²) >= 11 is 0. The molecule has 4 heterocycles. The summed E-state index contributed by atoms with van der Waals surface area (Å²) < 4.78 is 10.8. The van der Waals surface area contributed by atoms with Gasteiger partial charge in [-0.05, 0) is 6.92 Å². The lowest BCUT2D eigenvalue weighted by molar-refractivity contribution is -0.146. The van der Waals surface area contributed by atoms with Crippen molar-refractivity contribution in [3.63, 3.8) is 0 Å². The molecule has 4 rings (SSSR count). The van der Waals surface area contributed by atoms with E-state index in [1.54, 1.807) is 19.1 Å². The Morgan fingerprint density at radius 2 is 2.40 bits per heavy atom. The van der Waals surface area contributed by atoms with E-state index in [1.807, 2.05) is 6.08 Å². The van der Waals surface area contributed by atoms with E-state index in [2.05, 4.69) is 5.16 Å². The Labute approximate surface area is 113 Å². The lowest BCUT2D eigenvalue weighted by Crippen LogP contribution is -2.39. The highest BCUT2D eigenvalue weighted by atomic mass is 16.5. The number of amides is 1. The monoisotopic (exact) mass is 276 g/mol. The molecule has 1 amide bonds. The number of aryl methyl sites for hydroxylation is 1. The van der Waals surface area contributed by atoms with Crippen LogP contribution in [0.25, 0.3) is 0 Å². The van der Waals surface area contributed by atoms with Gasteiger partial charge in [-0.1, -0.05) is 17.3 Å². The van der Waals surface area contributed by atoms with Crippen LogP contribution < -0.4 is 4.90 Å². The molecule has 0 saturated carbocycles. The smallest absolute Gasteiger partial charge is 0.310 e. The van der Waals surface area contributed by atoms with Gasteiger partial charge in [0.25, 0.3) is 0 Å². The van der Waals surface area contributed by atoms with Crippen molar-refractivity contribution < 1.29 is 24.0 Å². The standard InChI is InChI=1S/C13H12N2O5/c1-6-4-8(14-20-6)15-5-13-3-2-7(19-13)9(12(17)18)10(13)11(15)16/h2-4,7,9-10H,5H2,1H3,(H,17,18)/t7-,9-,10+,13-/m1/s1. The van der Waals surface area contributed by atoms with Gasteiger partial charge in [-0.3, -0.25) is 14.5 Å². The first-order chi connectivity index (χ1) is 9.52. The average Bonchev–Trinajstić information content (AvgIpc) is 3.10. The topological polar surface area (TPSA) is 92.9 Å². The summed E-state index contributed by atoms with van der Waals surface area (Å²) in [6, 6.07) is 1.65. The van der Waals surface area contributed by atoms with Gasteiger partial charge in [0.1, 0.15) is 17.3 Å². The summed E-state index contributed by atoms with van der Waals surface area (Å²) in [5, 5.41) is 13.2. The van der Waals surface area contributed by atoms with Crippen molar-refractivity contribution >= 4 is 17.7 Å². The first-order valence-electron chi connectivity index (χ1n) is 6.36. The van der Waals surface area contributed by atoms with E-state index in [1.165, 1.54) is 4.90 Å². The largest absolute Gasteiger partial charge is 0.481 e. The van der Waals surface area contributed by atoms with E-state index in [4.69, 9.17) is 9.26 Å². The maximum atomic E-state index is 12.6. The molecule has 1 spiro atoms. The molecule has 7 nitrogen and oxygen atoms in total. The third-order valence-corrected chi connectivity index (χ3v) is 4.28. The summed E-state index contributed by atoms with van der Waals surface area (Å²) in [7, 11) is 0. The van der Waals surface area contributed by atoms with E-state index in [0.717, 1.165) is 0 Å². The third-order valence-electron chi connectivity index (χ3n) is 4.28. The molecule has 2 bridgehead atoms. The minimum Gasteiger partial charge on any atom is -0.481 e. The lowest BCUT2D eigenvalue weighted by atomic mass is 9.77. The van der Waals surface area contributed by atoms with Gasteiger partial charge in [0, 0.05) is 6.07 Å². The molecule has 0 unspecified atom stereocenters. The Morgan fingerprint density at radius 1 is 1.60 bits per heavy atom. The van der Waals surface area contributed by atoms with Crippen molar-refractivity contribution in [2.24, 2.45) is 11.8 Å². The zero-order chi connectivity index (χ0) is 14.1. The minimum absolute atomic E-state index is 0.266.